The van der Waals surface area contributed by atoms with Gasteiger partial charge in [-0.15, -0.1) is 0 Å². The van der Waals surface area contributed by atoms with Crippen LogP contribution in [0.4, 0.5) is 5.69 Å². The number of amides is 1. The molecule has 0 spiro atoms. The van der Waals surface area contributed by atoms with Crippen molar-refractivity contribution in [2.24, 2.45) is 5.73 Å². The van der Waals surface area contributed by atoms with Crippen molar-refractivity contribution in [1.29, 1.82) is 0 Å². The number of carbonyl (C=O) groups excluding carboxylic acids is 1. The summed E-state index contributed by atoms with van der Waals surface area (Å²) in [4.78, 5) is 15.3. The maximum atomic E-state index is 11.5. The number of hydrogen-bond acceptors (Lipinski definition) is 5. The monoisotopic (exact) mass is 261 g/mol. The van der Waals surface area contributed by atoms with Crippen LogP contribution in [0.2, 0.25) is 0 Å². The van der Waals surface area contributed by atoms with Crippen molar-refractivity contribution in [1.82, 2.24) is 4.98 Å². The van der Waals surface area contributed by atoms with Crippen molar-refractivity contribution in [3.8, 4) is 11.3 Å². The van der Waals surface area contributed by atoms with Gasteiger partial charge in [0, 0.05) is 17.8 Å². The predicted octanol–water partition coefficient (Wildman–Crippen LogP) is 1.26. The Labute approximate surface area is 110 Å². The molecule has 0 saturated carbocycles. The highest BCUT2D eigenvalue weighted by Crippen LogP contribution is 2.20. The van der Waals surface area contributed by atoms with E-state index in [4.69, 9.17) is 14.9 Å². The molecule has 0 aliphatic heterocycles. The third kappa shape index (κ3) is 3.90. The van der Waals surface area contributed by atoms with E-state index in [9.17, 15) is 4.79 Å². The van der Waals surface area contributed by atoms with E-state index in [0.717, 1.165) is 5.56 Å². The Morgan fingerprint density at radius 1 is 1.37 bits per heavy atom. The third-order valence-corrected chi connectivity index (χ3v) is 2.38. The normalized spacial score (nSPS) is 10.4. The number of nitrogens with two attached hydrogens (primary N) is 1. The maximum Gasteiger partial charge on any atom is 0.250 e. The van der Waals surface area contributed by atoms with Gasteiger partial charge in [-0.05, 0) is 24.3 Å². The number of nitrogens with zero attached hydrogens (tertiary/aromatic N) is 1. The van der Waals surface area contributed by atoms with Gasteiger partial charge in [-0.3, -0.25) is 4.79 Å². The van der Waals surface area contributed by atoms with Crippen LogP contribution in [0.5, 0.6) is 0 Å². The van der Waals surface area contributed by atoms with Crippen LogP contribution in [-0.4, -0.2) is 30.6 Å². The minimum absolute atomic E-state index is 0.00105. The highest BCUT2D eigenvalue weighted by Gasteiger charge is 2.04. The van der Waals surface area contributed by atoms with Crippen molar-refractivity contribution in [3.05, 3.63) is 36.9 Å². The Hall–Kier alpha value is -2.18. The highest BCUT2D eigenvalue weighted by molar-refractivity contribution is 5.91. The molecule has 1 amide bonds. The van der Waals surface area contributed by atoms with Gasteiger partial charge in [0.2, 0.25) is 5.91 Å². The van der Waals surface area contributed by atoms with E-state index >= 15 is 0 Å². The fourth-order valence-corrected chi connectivity index (χ4v) is 1.52. The number of nitrogens with one attached hydrogen (secondary N) is 1. The summed E-state index contributed by atoms with van der Waals surface area (Å²) < 4.78 is 10.2. The van der Waals surface area contributed by atoms with Crippen LogP contribution in [0.1, 0.15) is 0 Å². The first-order chi connectivity index (χ1) is 9.29. The SMILES string of the molecule is NCCOCC(=O)Nc1ccc(-c2cnco2)cc1. The Morgan fingerprint density at radius 2 is 2.16 bits per heavy atom. The Kier molecular flexibility index (Phi) is 4.66. The van der Waals surface area contributed by atoms with Gasteiger partial charge in [-0.25, -0.2) is 4.98 Å². The van der Waals surface area contributed by atoms with Gasteiger partial charge < -0.3 is 20.2 Å². The smallest absolute Gasteiger partial charge is 0.250 e. The molecule has 19 heavy (non-hydrogen) atoms. The van der Waals surface area contributed by atoms with Crippen LogP contribution in [0, 0.1) is 0 Å². The summed E-state index contributed by atoms with van der Waals surface area (Å²) >= 11 is 0. The molecule has 100 valence electrons. The molecule has 0 atom stereocenters. The first-order valence-electron chi connectivity index (χ1n) is 5.86. The lowest BCUT2D eigenvalue weighted by atomic mass is 10.2. The van der Waals surface area contributed by atoms with Crippen LogP contribution < -0.4 is 11.1 Å². The second-order valence-electron chi connectivity index (χ2n) is 3.83. The lowest BCUT2D eigenvalue weighted by Gasteiger charge is -2.06. The summed E-state index contributed by atoms with van der Waals surface area (Å²) in [6, 6.07) is 7.27. The summed E-state index contributed by atoms with van der Waals surface area (Å²) in [6.07, 6.45) is 3.01. The summed E-state index contributed by atoms with van der Waals surface area (Å²) in [5, 5.41) is 2.72. The zero-order valence-electron chi connectivity index (χ0n) is 10.3. The number of anilines is 1. The molecule has 0 fully saturated rings. The minimum Gasteiger partial charge on any atom is -0.444 e. The first-order valence-corrected chi connectivity index (χ1v) is 5.86. The molecule has 1 aromatic heterocycles. The molecule has 1 aromatic carbocycles. The lowest BCUT2D eigenvalue weighted by Crippen LogP contribution is -2.20. The van der Waals surface area contributed by atoms with Crippen molar-refractivity contribution in [3.63, 3.8) is 0 Å². The number of rotatable bonds is 6. The second kappa shape index (κ2) is 6.67. The highest BCUT2D eigenvalue weighted by atomic mass is 16.5. The Morgan fingerprint density at radius 3 is 2.79 bits per heavy atom. The average molecular weight is 261 g/mol. The molecule has 2 rings (SSSR count). The number of oxazole rings is 1. The van der Waals surface area contributed by atoms with Crippen molar-refractivity contribution in [2.45, 2.75) is 0 Å². The third-order valence-electron chi connectivity index (χ3n) is 2.38. The van der Waals surface area contributed by atoms with Gasteiger partial charge >= 0.3 is 0 Å². The van der Waals surface area contributed by atoms with E-state index in [1.165, 1.54) is 6.39 Å². The van der Waals surface area contributed by atoms with Crippen LogP contribution in [0.3, 0.4) is 0 Å². The molecule has 0 unspecified atom stereocenters. The summed E-state index contributed by atoms with van der Waals surface area (Å²) in [7, 11) is 0. The van der Waals surface area contributed by atoms with Crippen molar-refractivity contribution >= 4 is 11.6 Å². The molecule has 0 bridgehead atoms. The number of benzene rings is 1. The van der Waals surface area contributed by atoms with Crippen LogP contribution in [0.25, 0.3) is 11.3 Å². The van der Waals surface area contributed by atoms with Crippen molar-refractivity contribution < 1.29 is 13.9 Å². The molecular weight excluding hydrogens is 246 g/mol. The minimum atomic E-state index is -0.208. The molecule has 6 nitrogen and oxygen atoms in total. The van der Waals surface area contributed by atoms with Crippen LogP contribution in [-0.2, 0) is 9.53 Å². The van der Waals surface area contributed by atoms with Crippen molar-refractivity contribution in [2.75, 3.05) is 25.1 Å². The predicted molar refractivity (Wildman–Crippen MR) is 70.4 cm³/mol. The van der Waals surface area contributed by atoms with Gasteiger partial charge in [0.15, 0.2) is 12.2 Å². The molecule has 0 aliphatic rings. The molecule has 0 saturated heterocycles. The Balaban J connectivity index is 1.90. The largest absolute Gasteiger partial charge is 0.444 e. The summed E-state index contributed by atoms with van der Waals surface area (Å²) in [5.74, 6) is 0.477. The standard InChI is InChI=1S/C13H15N3O3/c14-5-6-18-8-13(17)16-11-3-1-10(2-4-11)12-7-15-9-19-12/h1-4,7,9H,5-6,8,14H2,(H,16,17). The number of aromatic nitrogens is 1. The zero-order valence-corrected chi connectivity index (χ0v) is 10.3. The molecule has 0 aliphatic carbocycles. The van der Waals surface area contributed by atoms with E-state index in [-0.39, 0.29) is 12.5 Å². The van der Waals surface area contributed by atoms with Gasteiger partial charge in [0.05, 0.1) is 12.8 Å². The van der Waals surface area contributed by atoms with Gasteiger partial charge in [-0.1, -0.05) is 0 Å². The Bertz CT molecular complexity index is 508. The van der Waals surface area contributed by atoms with E-state index in [2.05, 4.69) is 10.3 Å². The van der Waals surface area contributed by atoms with E-state index < -0.39 is 0 Å². The van der Waals surface area contributed by atoms with E-state index in [1.807, 2.05) is 12.1 Å². The zero-order chi connectivity index (χ0) is 13.5. The van der Waals surface area contributed by atoms with Gasteiger partial charge in [0.25, 0.3) is 0 Å². The van der Waals surface area contributed by atoms with E-state index in [0.29, 0.717) is 24.6 Å². The fourth-order valence-electron chi connectivity index (χ4n) is 1.52. The fraction of sp³-hybridized carbons (Fsp3) is 0.231. The molecule has 0 radical (unpaired) electrons. The summed E-state index contributed by atoms with van der Waals surface area (Å²) in [5.41, 5.74) is 6.86. The summed E-state index contributed by atoms with van der Waals surface area (Å²) in [6.45, 7) is 0.776. The van der Waals surface area contributed by atoms with Gasteiger partial charge in [-0.2, -0.15) is 0 Å². The van der Waals surface area contributed by atoms with Crippen LogP contribution >= 0.6 is 0 Å². The van der Waals surface area contributed by atoms with Gasteiger partial charge in [0.1, 0.15) is 6.61 Å². The first kappa shape index (κ1) is 13.3. The van der Waals surface area contributed by atoms with E-state index in [1.54, 1.807) is 18.3 Å². The number of carbonyl (C=O) groups is 1. The molecule has 6 heteroatoms. The molecule has 3 N–H and O–H groups in total. The number of ether oxygens (including phenoxy) is 1. The quantitative estimate of drug-likeness (QED) is 0.764. The lowest BCUT2D eigenvalue weighted by molar-refractivity contribution is -0.120. The van der Waals surface area contributed by atoms with Crippen LogP contribution in [0.15, 0.2) is 41.3 Å². The average Bonchev–Trinajstić information content (AvgIpc) is 2.94. The molecule has 2 aromatic rings. The maximum absolute atomic E-state index is 11.5. The topological polar surface area (TPSA) is 90.4 Å². The number of hydrogen-bond donors (Lipinski definition) is 2. The molecule has 1 heterocycles. The molecular formula is C13H15N3O3. The second-order valence-corrected chi connectivity index (χ2v) is 3.83.